The van der Waals surface area contributed by atoms with Gasteiger partial charge in [0.15, 0.2) is 5.96 Å². The van der Waals surface area contributed by atoms with Gasteiger partial charge in [0.1, 0.15) is 18.2 Å². The Labute approximate surface area is 193 Å². The molecule has 1 aromatic rings. The Morgan fingerprint density at radius 3 is 2.59 bits per heavy atom. The molecule has 3 rings (SSSR count). The highest BCUT2D eigenvalue weighted by atomic mass is 16.4. The van der Waals surface area contributed by atoms with Gasteiger partial charge in [-0.2, -0.15) is 0 Å². The molecule has 2 aliphatic rings. The molecule has 14 heteroatoms. The summed E-state index contributed by atoms with van der Waals surface area (Å²) in [5.74, 6) is -3.58. The van der Waals surface area contributed by atoms with Gasteiger partial charge in [0, 0.05) is 30.8 Å². The number of nitrogens with two attached hydrogens (primary N) is 1. The van der Waals surface area contributed by atoms with E-state index >= 15 is 0 Å². The lowest BCUT2D eigenvalue weighted by atomic mass is 10.0. The van der Waals surface area contributed by atoms with Crippen LogP contribution in [-0.4, -0.2) is 88.6 Å². The fraction of sp³-hybridized carbons (Fsp3) is 0.400. The van der Waals surface area contributed by atoms with Gasteiger partial charge in [-0.05, 0) is 30.7 Å². The summed E-state index contributed by atoms with van der Waals surface area (Å²) in [6.45, 7) is 0.660. The Hall–Kier alpha value is -4.20. The molecule has 1 saturated heterocycles. The fourth-order valence-corrected chi connectivity index (χ4v) is 3.71. The minimum Gasteiger partial charge on any atom is -0.481 e. The number of piperazine rings is 1. The van der Waals surface area contributed by atoms with Crippen LogP contribution >= 0.6 is 0 Å². The lowest BCUT2D eigenvalue weighted by Gasteiger charge is -2.44. The van der Waals surface area contributed by atoms with Crippen molar-refractivity contribution in [2.24, 2.45) is 10.7 Å². The molecule has 2 heterocycles. The summed E-state index contributed by atoms with van der Waals surface area (Å²) in [4.78, 5) is 63.7. The number of carbonyl (C=O) groups excluding carboxylic acids is 3. The number of carboxylic acids is 2. The van der Waals surface area contributed by atoms with E-state index in [1.54, 1.807) is 12.1 Å². The topological polar surface area (TPSA) is 216 Å². The van der Waals surface area contributed by atoms with Crippen LogP contribution in [0.25, 0.3) is 0 Å². The van der Waals surface area contributed by atoms with E-state index in [2.05, 4.69) is 26.3 Å². The van der Waals surface area contributed by atoms with E-state index in [9.17, 15) is 29.1 Å². The van der Waals surface area contributed by atoms with Crippen molar-refractivity contribution in [2.45, 2.75) is 37.1 Å². The summed E-state index contributed by atoms with van der Waals surface area (Å²) in [5, 5.41) is 28.8. The minimum atomic E-state index is -1.32. The number of aliphatic carboxylic acids is 2. The third kappa shape index (κ3) is 5.78. The molecule has 0 radical (unpaired) electrons. The molecule has 0 bridgehead atoms. The van der Waals surface area contributed by atoms with Gasteiger partial charge in [-0.3, -0.25) is 29.8 Å². The Bertz CT molecular complexity index is 997. The average molecular weight is 475 g/mol. The van der Waals surface area contributed by atoms with Crippen LogP contribution in [0, 0.1) is 0 Å². The largest absolute Gasteiger partial charge is 0.481 e. The first kappa shape index (κ1) is 24.4. The van der Waals surface area contributed by atoms with Crippen molar-refractivity contribution >= 4 is 41.8 Å². The monoisotopic (exact) mass is 475 g/mol. The highest BCUT2D eigenvalue weighted by Gasteiger charge is 2.43. The molecule has 8 N–H and O–H groups in total. The number of nitrogens with zero attached hydrogens (tertiary/aromatic N) is 2. The molecule has 182 valence electrons. The molecular formula is C20H25N7O7. The normalized spacial score (nSPS) is 22.5. The zero-order chi connectivity index (χ0) is 24.8. The zero-order valence-electron chi connectivity index (χ0n) is 17.9. The van der Waals surface area contributed by atoms with Crippen LogP contribution < -0.4 is 27.0 Å². The number of hydrogen-bond donors (Lipinski definition) is 7. The number of guanidine groups is 1. The number of anilines is 1. The molecule has 34 heavy (non-hydrogen) atoms. The van der Waals surface area contributed by atoms with Crippen LogP contribution in [0.15, 0.2) is 29.3 Å². The Balaban J connectivity index is 1.58. The first-order chi connectivity index (χ1) is 16.2. The maximum Gasteiger partial charge on any atom is 0.326 e. The fourth-order valence-electron chi connectivity index (χ4n) is 3.71. The van der Waals surface area contributed by atoms with E-state index in [4.69, 9.17) is 10.8 Å². The first-order valence-electron chi connectivity index (χ1n) is 10.4. The number of carboxylic acid groups (broad SMARTS) is 2. The molecule has 0 aromatic heterocycles. The van der Waals surface area contributed by atoms with Crippen LogP contribution in [0.3, 0.4) is 0 Å². The van der Waals surface area contributed by atoms with Crippen molar-refractivity contribution < 1.29 is 34.2 Å². The number of aliphatic imine (C=N–C) groups is 1. The van der Waals surface area contributed by atoms with E-state index in [1.165, 1.54) is 17.0 Å². The van der Waals surface area contributed by atoms with Crippen LogP contribution in [0.2, 0.25) is 0 Å². The summed E-state index contributed by atoms with van der Waals surface area (Å²) in [7, 11) is 0. The lowest BCUT2D eigenvalue weighted by Crippen LogP contribution is -2.70. The second kappa shape index (κ2) is 10.6. The highest BCUT2D eigenvalue weighted by molar-refractivity contribution is 6.02. The van der Waals surface area contributed by atoms with Crippen LogP contribution in [0.4, 0.5) is 5.69 Å². The molecule has 1 fully saturated rings. The van der Waals surface area contributed by atoms with Crippen LogP contribution in [0.5, 0.6) is 0 Å². The van der Waals surface area contributed by atoms with Crippen LogP contribution in [-0.2, 0) is 19.2 Å². The molecule has 0 spiro atoms. The van der Waals surface area contributed by atoms with E-state index in [0.29, 0.717) is 25.2 Å². The van der Waals surface area contributed by atoms with Gasteiger partial charge >= 0.3 is 11.9 Å². The third-order valence-electron chi connectivity index (χ3n) is 5.46. The van der Waals surface area contributed by atoms with E-state index < -0.39 is 48.4 Å². The van der Waals surface area contributed by atoms with Gasteiger partial charge in [0.05, 0.1) is 6.04 Å². The van der Waals surface area contributed by atoms with Crippen molar-refractivity contribution in [1.29, 1.82) is 0 Å². The Kier molecular flexibility index (Phi) is 7.63. The van der Waals surface area contributed by atoms with Gasteiger partial charge in [-0.15, -0.1) is 0 Å². The maximum absolute atomic E-state index is 12.3. The molecule has 2 aliphatic heterocycles. The number of hydrogen-bond acceptors (Lipinski definition) is 9. The molecule has 1 aromatic carbocycles. The summed E-state index contributed by atoms with van der Waals surface area (Å²) in [5.41, 5.74) is 6.39. The summed E-state index contributed by atoms with van der Waals surface area (Å²) < 4.78 is 0. The van der Waals surface area contributed by atoms with Gasteiger partial charge in [-0.1, -0.05) is 0 Å². The predicted octanol–water partition coefficient (Wildman–Crippen LogP) is -2.28. The van der Waals surface area contributed by atoms with Crippen molar-refractivity contribution in [3.63, 3.8) is 0 Å². The first-order valence-corrected chi connectivity index (χ1v) is 10.4. The zero-order valence-corrected chi connectivity index (χ0v) is 17.9. The van der Waals surface area contributed by atoms with Gasteiger partial charge in [0.25, 0.3) is 11.8 Å². The van der Waals surface area contributed by atoms with E-state index in [-0.39, 0.29) is 24.0 Å². The van der Waals surface area contributed by atoms with Crippen molar-refractivity contribution in [3.05, 3.63) is 29.8 Å². The van der Waals surface area contributed by atoms with E-state index in [1.807, 2.05) is 0 Å². The number of nitrogens with one attached hydrogen (secondary N) is 4. The second-order valence-electron chi connectivity index (χ2n) is 7.76. The molecule has 14 nitrogen and oxygen atoms in total. The molecular weight excluding hydrogens is 450 g/mol. The molecule has 0 unspecified atom stereocenters. The summed E-state index contributed by atoms with van der Waals surface area (Å²) in [6.07, 6.45) is -0.663. The summed E-state index contributed by atoms with van der Waals surface area (Å²) >= 11 is 0. The third-order valence-corrected chi connectivity index (χ3v) is 5.46. The molecule has 4 atom stereocenters. The second-order valence-corrected chi connectivity index (χ2v) is 7.76. The minimum absolute atomic E-state index is 0.0122. The number of fused-ring (bicyclic) bond motifs is 1. The average Bonchev–Trinajstić information content (AvgIpc) is 2.79. The molecule has 3 amide bonds. The number of rotatable bonds is 10. The highest BCUT2D eigenvalue weighted by Crippen LogP contribution is 2.18. The lowest BCUT2D eigenvalue weighted by molar-refractivity contribution is -0.140. The Morgan fingerprint density at radius 2 is 1.97 bits per heavy atom. The number of amides is 3. The van der Waals surface area contributed by atoms with Crippen molar-refractivity contribution in [2.75, 3.05) is 18.4 Å². The number of benzene rings is 1. The Morgan fingerprint density at radius 1 is 1.26 bits per heavy atom. The van der Waals surface area contributed by atoms with Crippen molar-refractivity contribution in [1.82, 2.24) is 20.9 Å². The van der Waals surface area contributed by atoms with Crippen molar-refractivity contribution in [3.8, 4) is 0 Å². The van der Waals surface area contributed by atoms with Gasteiger partial charge < -0.3 is 31.5 Å². The van der Waals surface area contributed by atoms with Crippen LogP contribution in [0.1, 0.15) is 23.2 Å². The summed E-state index contributed by atoms with van der Waals surface area (Å²) in [6, 6.07) is 3.64. The molecule has 0 aliphatic carbocycles. The quantitative estimate of drug-likeness (QED) is 0.180. The number of carbonyl (C=O) groups is 5. The molecule has 0 saturated carbocycles. The predicted molar refractivity (Wildman–Crippen MR) is 118 cm³/mol. The van der Waals surface area contributed by atoms with Gasteiger partial charge in [-0.25, -0.2) is 9.79 Å². The van der Waals surface area contributed by atoms with Gasteiger partial charge in [0.2, 0.25) is 6.41 Å². The standard InChI is InChI=1S/C20H25N7O7/c21-20-25-16-15(18(32)26-20)27(9-28)12(8-23-16)7-22-11-3-1-10(2-4-11)17(31)24-13(19(33)34)5-6-14(29)30/h1-4,9,12-13,15-16,22-23H,5-8H2,(H,24,31)(H,29,30)(H,33,34)(H3,21,25,26,32)/t12-,13+,15-,16+/m0/s1. The maximum atomic E-state index is 12.3. The SMILES string of the molecule is NC1=N[C@H]2NC[C@H](CNc3ccc(C(=O)N[C@H](CCC(=O)O)C(=O)O)cc3)N(C=O)[C@@H]2C(=O)N1. The smallest absolute Gasteiger partial charge is 0.326 e. The van der Waals surface area contributed by atoms with E-state index in [0.717, 1.165) is 0 Å².